The SMILES string of the molecule is CCn1c(-c2cnc(C)nc2)nc2c(NC3CCc4ncn(C5CC5)c4C3)ncnc21. The van der Waals surface area contributed by atoms with Crippen LogP contribution >= 0.6 is 0 Å². The van der Waals surface area contributed by atoms with Crippen molar-refractivity contribution in [1.29, 1.82) is 0 Å². The lowest BCUT2D eigenvalue weighted by Gasteiger charge is -2.24. The number of fused-ring (bicyclic) bond motifs is 2. The van der Waals surface area contributed by atoms with Gasteiger partial charge in [-0.15, -0.1) is 0 Å². The molecule has 6 rings (SSSR count). The van der Waals surface area contributed by atoms with Gasteiger partial charge in [-0.25, -0.2) is 29.9 Å². The summed E-state index contributed by atoms with van der Waals surface area (Å²) in [6, 6.07) is 0.957. The van der Waals surface area contributed by atoms with Gasteiger partial charge in [0.05, 0.1) is 17.6 Å². The number of hydrogen-bond acceptors (Lipinski definition) is 7. The van der Waals surface area contributed by atoms with Crippen LogP contribution in [0.2, 0.25) is 0 Å². The van der Waals surface area contributed by atoms with E-state index in [1.807, 2.05) is 25.6 Å². The first-order valence-corrected chi connectivity index (χ1v) is 11.0. The number of imidazole rings is 2. The molecule has 4 heterocycles. The second-order valence-electron chi connectivity index (χ2n) is 8.45. The summed E-state index contributed by atoms with van der Waals surface area (Å²) in [4.78, 5) is 27.3. The first kappa shape index (κ1) is 18.4. The fourth-order valence-electron chi connectivity index (χ4n) is 4.56. The number of aromatic nitrogens is 8. The molecule has 9 heteroatoms. The molecule has 0 radical (unpaired) electrons. The molecule has 0 aliphatic heterocycles. The summed E-state index contributed by atoms with van der Waals surface area (Å²) in [5, 5.41) is 3.67. The number of anilines is 1. The minimum Gasteiger partial charge on any atom is -0.365 e. The minimum absolute atomic E-state index is 0.303. The largest absolute Gasteiger partial charge is 0.365 e. The summed E-state index contributed by atoms with van der Waals surface area (Å²) in [6.07, 6.45) is 12.8. The molecule has 1 N–H and O–H groups in total. The smallest absolute Gasteiger partial charge is 0.165 e. The molecule has 1 saturated carbocycles. The average Bonchev–Trinajstić information content (AvgIpc) is 3.43. The fourth-order valence-corrected chi connectivity index (χ4v) is 4.56. The Kier molecular flexibility index (Phi) is 4.22. The van der Waals surface area contributed by atoms with E-state index < -0.39 is 0 Å². The van der Waals surface area contributed by atoms with Crippen molar-refractivity contribution in [3.05, 3.63) is 42.3 Å². The average molecular weight is 416 g/mol. The predicted octanol–water partition coefficient (Wildman–Crippen LogP) is 3.11. The van der Waals surface area contributed by atoms with Crippen molar-refractivity contribution in [3.8, 4) is 11.4 Å². The van der Waals surface area contributed by atoms with Crippen LogP contribution in [0.15, 0.2) is 25.0 Å². The van der Waals surface area contributed by atoms with E-state index in [-0.39, 0.29) is 0 Å². The molecule has 158 valence electrons. The van der Waals surface area contributed by atoms with Crippen LogP contribution < -0.4 is 5.32 Å². The Morgan fingerprint density at radius 3 is 2.68 bits per heavy atom. The topological polar surface area (TPSA) is 99.2 Å². The van der Waals surface area contributed by atoms with E-state index in [4.69, 9.17) is 4.98 Å². The number of aryl methyl sites for hydroxylation is 3. The van der Waals surface area contributed by atoms with Gasteiger partial charge in [-0.05, 0) is 39.5 Å². The molecular formula is C22H25N9. The summed E-state index contributed by atoms with van der Waals surface area (Å²) in [5.41, 5.74) is 5.14. The number of hydrogen-bond donors (Lipinski definition) is 1. The Labute approximate surface area is 180 Å². The van der Waals surface area contributed by atoms with Crippen LogP contribution in [0.5, 0.6) is 0 Å². The Morgan fingerprint density at radius 2 is 1.90 bits per heavy atom. The van der Waals surface area contributed by atoms with Gasteiger partial charge in [-0.2, -0.15) is 0 Å². The van der Waals surface area contributed by atoms with E-state index in [0.717, 1.165) is 60.0 Å². The van der Waals surface area contributed by atoms with Gasteiger partial charge in [0.25, 0.3) is 0 Å². The molecule has 1 unspecified atom stereocenters. The minimum atomic E-state index is 0.303. The molecule has 1 fully saturated rings. The van der Waals surface area contributed by atoms with Gasteiger partial charge in [-0.3, -0.25) is 0 Å². The molecule has 2 aliphatic carbocycles. The van der Waals surface area contributed by atoms with Crippen LogP contribution in [0.4, 0.5) is 5.82 Å². The highest BCUT2D eigenvalue weighted by molar-refractivity contribution is 5.86. The Balaban J connectivity index is 1.34. The first-order valence-electron chi connectivity index (χ1n) is 11.0. The fraction of sp³-hybridized carbons (Fsp3) is 0.455. The third-order valence-corrected chi connectivity index (χ3v) is 6.32. The second kappa shape index (κ2) is 7.11. The molecule has 9 nitrogen and oxygen atoms in total. The summed E-state index contributed by atoms with van der Waals surface area (Å²) in [5.74, 6) is 2.35. The van der Waals surface area contributed by atoms with Gasteiger partial charge < -0.3 is 14.5 Å². The second-order valence-corrected chi connectivity index (χ2v) is 8.45. The maximum absolute atomic E-state index is 4.92. The van der Waals surface area contributed by atoms with Crippen LogP contribution in [-0.2, 0) is 19.4 Å². The van der Waals surface area contributed by atoms with Crippen molar-refractivity contribution in [2.45, 2.75) is 64.6 Å². The normalized spacial score (nSPS) is 18.3. The van der Waals surface area contributed by atoms with E-state index in [9.17, 15) is 0 Å². The summed E-state index contributed by atoms with van der Waals surface area (Å²) in [6.45, 7) is 4.73. The third kappa shape index (κ3) is 3.15. The van der Waals surface area contributed by atoms with Crippen LogP contribution in [0.1, 0.15) is 49.4 Å². The lowest BCUT2D eigenvalue weighted by molar-refractivity contribution is 0.564. The lowest BCUT2D eigenvalue weighted by Crippen LogP contribution is -2.29. The quantitative estimate of drug-likeness (QED) is 0.535. The zero-order valence-electron chi connectivity index (χ0n) is 17.8. The van der Waals surface area contributed by atoms with Gasteiger partial charge in [0.2, 0.25) is 0 Å². The first-order chi connectivity index (χ1) is 15.2. The third-order valence-electron chi connectivity index (χ3n) is 6.32. The zero-order chi connectivity index (χ0) is 20.9. The molecule has 0 spiro atoms. The van der Waals surface area contributed by atoms with E-state index in [0.29, 0.717) is 12.1 Å². The van der Waals surface area contributed by atoms with Crippen molar-refractivity contribution in [2.75, 3.05) is 5.32 Å². The highest BCUT2D eigenvalue weighted by Crippen LogP contribution is 2.38. The molecule has 0 amide bonds. The molecule has 4 aromatic rings. The molecule has 2 aliphatic rings. The molecule has 1 atom stereocenters. The van der Waals surface area contributed by atoms with E-state index in [1.165, 1.54) is 24.2 Å². The van der Waals surface area contributed by atoms with E-state index in [1.54, 1.807) is 6.33 Å². The van der Waals surface area contributed by atoms with E-state index >= 15 is 0 Å². The maximum atomic E-state index is 4.92. The van der Waals surface area contributed by atoms with Crippen LogP contribution in [0.3, 0.4) is 0 Å². The van der Waals surface area contributed by atoms with Crippen molar-refractivity contribution < 1.29 is 0 Å². The van der Waals surface area contributed by atoms with Gasteiger partial charge in [-0.1, -0.05) is 0 Å². The van der Waals surface area contributed by atoms with Crippen molar-refractivity contribution >= 4 is 17.0 Å². The molecule has 0 aromatic carbocycles. The van der Waals surface area contributed by atoms with Crippen molar-refractivity contribution in [3.63, 3.8) is 0 Å². The van der Waals surface area contributed by atoms with Gasteiger partial charge in [0.1, 0.15) is 18.0 Å². The predicted molar refractivity (Wildman–Crippen MR) is 117 cm³/mol. The summed E-state index contributed by atoms with van der Waals surface area (Å²) >= 11 is 0. The monoisotopic (exact) mass is 415 g/mol. The summed E-state index contributed by atoms with van der Waals surface area (Å²) in [7, 11) is 0. The van der Waals surface area contributed by atoms with Crippen LogP contribution in [-0.4, -0.2) is 45.1 Å². The van der Waals surface area contributed by atoms with Crippen LogP contribution in [0.25, 0.3) is 22.6 Å². The Bertz CT molecular complexity index is 1250. The van der Waals surface area contributed by atoms with Gasteiger partial charge in [0.15, 0.2) is 17.0 Å². The highest BCUT2D eigenvalue weighted by Gasteiger charge is 2.31. The van der Waals surface area contributed by atoms with E-state index in [2.05, 4.69) is 46.3 Å². The Hall–Kier alpha value is -3.36. The van der Waals surface area contributed by atoms with Gasteiger partial charge >= 0.3 is 0 Å². The summed E-state index contributed by atoms with van der Waals surface area (Å²) < 4.78 is 4.48. The number of rotatable bonds is 5. The number of nitrogens with one attached hydrogen (secondary N) is 1. The maximum Gasteiger partial charge on any atom is 0.165 e. The molecule has 0 saturated heterocycles. The van der Waals surface area contributed by atoms with Crippen molar-refractivity contribution in [1.82, 2.24) is 39.0 Å². The highest BCUT2D eigenvalue weighted by atomic mass is 15.2. The molecular weight excluding hydrogens is 390 g/mol. The lowest BCUT2D eigenvalue weighted by atomic mass is 9.95. The van der Waals surface area contributed by atoms with Crippen LogP contribution in [0, 0.1) is 6.92 Å². The number of nitrogens with zero attached hydrogens (tertiary/aromatic N) is 8. The molecule has 0 bridgehead atoms. The standard InChI is InChI=1S/C22H25N9/c1-3-30-21(14-9-23-13(2)24-10-14)29-19-20(25-11-26-22(19)30)28-15-4-7-17-18(8-15)31(12-27-17)16-5-6-16/h9-12,15-16H,3-8H2,1-2H3,(H,25,26,28). The van der Waals surface area contributed by atoms with Crippen molar-refractivity contribution in [2.24, 2.45) is 0 Å². The molecule has 31 heavy (non-hydrogen) atoms. The zero-order valence-corrected chi connectivity index (χ0v) is 17.8. The molecule has 4 aromatic heterocycles. The van der Waals surface area contributed by atoms with Gasteiger partial charge in [0, 0.05) is 43.1 Å². The Morgan fingerprint density at radius 1 is 1.06 bits per heavy atom.